The zero-order chi connectivity index (χ0) is 19.3. The third kappa shape index (κ3) is 4.59. The highest BCUT2D eigenvalue weighted by Crippen LogP contribution is 2.16. The zero-order valence-electron chi connectivity index (χ0n) is 15.6. The van der Waals surface area contributed by atoms with Crippen LogP contribution in [0.15, 0.2) is 59.5 Å². The van der Waals surface area contributed by atoms with Gasteiger partial charge in [0.15, 0.2) is 0 Å². The number of benzene rings is 1. The number of hydrogen-bond acceptors (Lipinski definition) is 5. The molecule has 1 unspecified atom stereocenters. The number of aromatic nitrogens is 2. The van der Waals surface area contributed by atoms with Gasteiger partial charge in [0.1, 0.15) is 5.65 Å². The summed E-state index contributed by atoms with van der Waals surface area (Å²) in [6.07, 6.45) is 1.59. The van der Waals surface area contributed by atoms with Gasteiger partial charge in [-0.25, -0.2) is 4.98 Å². The average molecular weight is 399 g/mol. The van der Waals surface area contributed by atoms with Crippen LogP contribution in [0.3, 0.4) is 0 Å². The maximum atomic E-state index is 12.4. The smallest absolute Gasteiger partial charge is 0.258 e. The number of hydrogen-bond donors (Lipinski definition) is 1. The van der Waals surface area contributed by atoms with Gasteiger partial charge in [-0.3, -0.25) is 14.1 Å². The Morgan fingerprint density at radius 1 is 1.14 bits per heavy atom. The van der Waals surface area contributed by atoms with Gasteiger partial charge < -0.3 is 10.1 Å². The maximum Gasteiger partial charge on any atom is 0.258 e. The van der Waals surface area contributed by atoms with Crippen molar-refractivity contribution in [3.05, 3.63) is 81.4 Å². The molecule has 6 nitrogen and oxygen atoms in total. The fraction of sp³-hybridized carbons (Fsp3) is 0.333. The molecule has 0 saturated carbocycles. The summed E-state index contributed by atoms with van der Waals surface area (Å²) in [4.78, 5) is 19.4. The lowest BCUT2D eigenvalue weighted by Crippen LogP contribution is -2.41. The summed E-state index contributed by atoms with van der Waals surface area (Å²) in [6.45, 7) is 4.80. The molecular weight excluding hydrogens is 376 g/mol. The Hall–Kier alpha value is -2.25. The molecule has 1 N–H and O–H groups in total. The van der Waals surface area contributed by atoms with Crippen LogP contribution in [0.5, 0.6) is 0 Å². The molecule has 1 atom stereocenters. The Labute approximate surface area is 168 Å². The quantitative estimate of drug-likeness (QED) is 0.691. The molecule has 146 valence electrons. The maximum absolute atomic E-state index is 12.4. The van der Waals surface area contributed by atoms with E-state index in [1.54, 1.807) is 24.4 Å². The van der Waals surface area contributed by atoms with Crippen LogP contribution in [-0.4, -0.2) is 47.1 Å². The molecule has 28 heavy (non-hydrogen) atoms. The first kappa shape index (κ1) is 19.1. The van der Waals surface area contributed by atoms with E-state index in [9.17, 15) is 4.79 Å². The molecule has 0 amide bonds. The Morgan fingerprint density at radius 2 is 1.93 bits per heavy atom. The molecule has 7 heteroatoms. The van der Waals surface area contributed by atoms with Crippen molar-refractivity contribution in [3.63, 3.8) is 0 Å². The first-order valence-corrected chi connectivity index (χ1v) is 9.83. The highest BCUT2D eigenvalue weighted by atomic mass is 35.5. The summed E-state index contributed by atoms with van der Waals surface area (Å²) in [6, 6.07) is 15.6. The van der Waals surface area contributed by atoms with E-state index in [-0.39, 0.29) is 11.6 Å². The van der Waals surface area contributed by atoms with Gasteiger partial charge in [0.2, 0.25) is 0 Å². The standard InChI is InChI=1S/C21H23ClN4O2/c22-17-6-7-20-24-18(12-21(27)26(20)14-17)13-23-19(16-4-2-1-3-5-16)15-25-8-10-28-11-9-25/h1-7,12,14,19,23H,8-11,13,15H2. The average Bonchev–Trinajstić information content (AvgIpc) is 2.73. The number of halogens is 1. The molecule has 2 aromatic heterocycles. The molecule has 1 fully saturated rings. The highest BCUT2D eigenvalue weighted by molar-refractivity contribution is 6.30. The Morgan fingerprint density at radius 3 is 2.71 bits per heavy atom. The largest absolute Gasteiger partial charge is 0.379 e. The number of nitrogens with zero attached hydrogens (tertiary/aromatic N) is 3. The van der Waals surface area contributed by atoms with Crippen LogP contribution in [0.2, 0.25) is 5.02 Å². The molecule has 3 heterocycles. The monoisotopic (exact) mass is 398 g/mol. The summed E-state index contributed by atoms with van der Waals surface area (Å²) in [5.41, 5.74) is 2.40. The van der Waals surface area contributed by atoms with E-state index in [1.807, 2.05) is 18.2 Å². The SMILES string of the molecule is O=c1cc(CNC(CN2CCOCC2)c2ccccc2)nc2ccc(Cl)cn12. The van der Waals surface area contributed by atoms with E-state index in [1.165, 1.54) is 9.96 Å². The fourth-order valence-electron chi connectivity index (χ4n) is 3.46. The number of fused-ring (bicyclic) bond motifs is 1. The minimum Gasteiger partial charge on any atom is -0.379 e. The van der Waals surface area contributed by atoms with Crippen LogP contribution in [0, 0.1) is 0 Å². The first-order chi connectivity index (χ1) is 13.7. The molecule has 1 saturated heterocycles. The number of ether oxygens (including phenoxy) is 1. The second-order valence-electron chi connectivity index (χ2n) is 6.92. The van der Waals surface area contributed by atoms with E-state index in [0.29, 0.717) is 17.2 Å². The summed E-state index contributed by atoms with van der Waals surface area (Å²) in [7, 11) is 0. The van der Waals surface area contributed by atoms with Gasteiger partial charge in [-0.05, 0) is 17.7 Å². The number of nitrogens with one attached hydrogen (secondary N) is 1. The Kier molecular flexibility index (Phi) is 6.02. The molecule has 0 spiro atoms. The molecule has 0 aliphatic carbocycles. The lowest BCUT2D eigenvalue weighted by molar-refractivity contribution is 0.0333. The van der Waals surface area contributed by atoms with Crippen molar-refractivity contribution in [1.82, 2.24) is 19.6 Å². The summed E-state index contributed by atoms with van der Waals surface area (Å²) in [5, 5.41) is 4.09. The summed E-state index contributed by atoms with van der Waals surface area (Å²) >= 11 is 5.98. The van der Waals surface area contributed by atoms with Crippen LogP contribution in [0.25, 0.3) is 5.65 Å². The minimum absolute atomic E-state index is 0.131. The van der Waals surface area contributed by atoms with Crippen LogP contribution >= 0.6 is 11.6 Å². The van der Waals surface area contributed by atoms with Gasteiger partial charge in [-0.2, -0.15) is 0 Å². The Bertz CT molecular complexity index is 987. The summed E-state index contributed by atoms with van der Waals surface area (Å²) in [5.74, 6) is 0. The third-order valence-electron chi connectivity index (χ3n) is 4.95. The van der Waals surface area contributed by atoms with Gasteiger partial charge in [-0.15, -0.1) is 0 Å². The van der Waals surface area contributed by atoms with Gasteiger partial charge in [0.05, 0.1) is 23.9 Å². The van der Waals surface area contributed by atoms with Crippen molar-refractivity contribution < 1.29 is 4.74 Å². The van der Waals surface area contributed by atoms with Crippen molar-refractivity contribution in [2.75, 3.05) is 32.8 Å². The van der Waals surface area contributed by atoms with Crippen molar-refractivity contribution >= 4 is 17.2 Å². The number of pyridine rings is 1. The predicted molar refractivity (Wildman–Crippen MR) is 110 cm³/mol. The molecule has 3 aromatic rings. The van der Waals surface area contributed by atoms with E-state index < -0.39 is 0 Å². The van der Waals surface area contributed by atoms with Gasteiger partial charge >= 0.3 is 0 Å². The molecule has 0 radical (unpaired) electrons. The second-order valence-corrected chi connectivity index (χ2v) is 7.35. The predicted octanol–water partition coefficient (Wildman–Crippen LogP) is 2.51. The molecule has 4 rings (SSSR count). The third-order valence-corrected chi connectivity index (χ3v) is 5.18. The van der Waals surface area contributed by atoms with Crippen LogP contribution in [0.1, 0.15) is 17.3 Å². The molecule has 1 aromatic carbocycles. The second kappa shape index (κ2) is 8.84. The van der Waals surface area contributed by atoms with E-state index in [2.05, 4.69) is 27.3 Å². The van der Waals surface area contributed by atoms with Gasteiger partial charge in [-0.1, -0.05) is 41.9 Å². The van der Waals surface area contributed by atoms with Crippen molar-refractivity contribution in [2.24, 2.45) is 0 Å². The van der Waals surface area contributed by atoms with Crippen LogP contribution in [-0.2, 0) is 11.3 Å². The normalized spacial score (nSPS) is 16.3. The highest BCUT2D eigenvalue weighted by Gasteiger charge is 2.18. The lowest BCUT2D eigenvalue weighted by Gasteiger charge is -2.31. The molecule has 1 aliphatic heterocycles. The van der Waals surface area contributed by atoms with Crippen LogP contribution in [0.4, 0.5) is 0 Å². The Balaban J connectivity index is 1.53. The number of morpholine rings is 1. The topological polar surface area (TPSA) is 58.9 Å². The molecular formula is C21H23ClN4O2. The summed E-state index contributed by atoms with van der Waals surface area (Å²) < 4.78 is 6.93. The van der Waals surface area contributed by atoms with Crippen molar-refractivity contribution in [1.29, 1.82) is 0 Å². The van der Waals surface area contributed by atoms with Crippen molar-refractivity contribution in [2.45, 2.75) is 12.6 Å². The fourth-order valence-corrected chi connectivity index (χ4v) is 3.62. The van der Waals surface area contributed by atoms with Crippen molar-refractivity contribution in [3.8, 4) is 0 Å². The van der Waals surface area contributed by atoms with E-state index in [4.69, 9.17) is 16.3 Å². The van der Waals surface area contributed by atoms with Gasteiger partial charge in [0.25, 0.3) is 5.56 Å². The van der Waals surface area contributed by atoms with E-state index in [0.717, 1.165) is 38.5 Å². The first-order valence-electron chi connectivity index (χ1n) is 9.45. The minimum atomic E-state index is -0.131. The van der Waals surface area contributed by atoms with Gasteiger partial charge in [0, 0.05) is 44.5 Å². The molecule has 0 bridgehead atoms. The lowest BCUT2D eigenvalue weighted by atomic mass is 10.1. The zero-order valence-corrected chi connectivity index (χ0v) is 16.3. The number of rotatable bonds is 6. The van der Waals surface area contributed by atoms with E-state index >= 15 is 0 Å². The molecule has 1 aliphatic rings. The van der Waals surface area contributed by atoms with Crippen LogP contribution < -0.4 is 10.9 Å².